The molecular formula is C17H23N5O2. The molecule has 0 aliphatic carbocycles. The molecular weight excluding hydrogens is 306 g/mol. The zero-order valence-corrected chi connectivity index (χ0v) is 14.2. The second kappa shape index (κ2) is 7.42. The zero-order valence-electron chi connectivity index (χ0n) is 14.2. The third-order valence-corrected chi connectivity index (χ3v) is 4.38. The number of likely N-dealkylation sites (tertiary alicyclic amines) is 1. The molecule has 0 saturated carbocycles. The first kappa shape index (κ1) is 16.4. The standard InChI is InChI=1S/C17H23N5O2/c1-3-14-20-16(24-21-14)6-7-17(23)22-10-4-5-13(22)12-8-9-19-15(11-12)18-2/h8-9,11,13H,3-7,10H2,1-2H3,(H,18,19)/t13-/m0/s1. The second-order valence-electron chi connectivity index (χ2n) is 5.93. The van der Waals surface area contributed by atoms with Crippen LogP contribution in [0.2, 0.25) is 0 Å². The predicted octanol–water partition coefficient (Wildman–Crippen LogP) is 2.37. The van der Waals surface area contributed by atoms with Gasteiger partial charge in [0, 0.05) is 39.1 Å². The number of rotatable bonds is 6. The van der Waals surface area contributed by atoms with Gasteiger partial charge in [0.15, 0.2) is 5.82 Å². The van der Waals surface area contributed by atoms with Gasteiger partial charge in [-0.05, 0) is 30.5 Å². The molecule has 1 saturated heterocycles. The number of nitrogens with zero attached hydrogens (tertiary/aromatic N) is 4. The molecule has 1 aliphatic heterocycles. The summed E-state index contributed by atoms with van der Waals surface area (Å²) in [6.45, 7) is 2.77. The molecule has 0 spiro atoms. The number of hydrogen-bond acceptors (Lipinski definition) is 6. The van der Waals surface area contributed by atoms with Crippen molar-refractivity contribution in [3.8, 4) is 0 Å². The van der Waals surface area contributed by atoms with Crippen LogP contribution in [-0.4, -0.2) is 39.5 Å². The average Bonchev–Trinajstić information content (AvgIpc) is 3.28. The highest BCUT2D eigenvalue weighted by atomic mass is 16.5. The molecule has 0 aromatic carbocycles. The molecule has 0 bridgehead atoms. The number of hydrogen-bond donors (Lipinski definition) is 1. The largest absolute Gasteiger partial charge is 0.373 e. The van der Waals surface area contributed by atoms with Gasteiger partial charge < -0.3 is 14.7 Å². The number of aryl methyl sites for hydroxylation is 2. The van der Waals surface area contributed by atoms with E-state index in [1.165, 1.54) is 0 Å². The minimum atomic E-state index is 0.126. The molecule has 1 aliphatic rings. The van der Waals surface area contributed by atoms with Crippen LogP contribution in [0.1, 0.15) is 49.5 Å². The topological polar surface area (TPSA) is 84.2 Å². The Morgan fingerprint density at radius 3 is 3.12 bits per heavy atom. The highest BCUT2D eigenvalue weighted by Crippen LogP contribution is 2.33. The van der Waals surface area contributed by atoms with Gasteiger partial charge in [0.1, 0.15) is 5.82 Å². The molecule has 0 unspecified atom stereocenters. The summed E-state index contributed by atoms with van der Waals surface area (Å²) < 4.78 is 5.16. The normalized spacial score (nSPS) is 17.2. The van der Waals surface area contributed by atoms with Crippen molar-refractivity contribution in [1.29, 1.82) is 0 Å². The minimum absolute atomic E-state index is 0.126. The summed E-state index contributed by atoms with van der Waals surface area (Å²) in [5.41, 5.74) is 1.13. The van der Waals surface area contributed by atoms with E-state index < -0.39 is 0 Å². The van der Waals surface area contributed by atoms with Gasteiger partial charge in [0.25, 0.3) is 0 Å². The Kier molecular flexibility index (Phi) is 5.08. The van der Waals surface area contributed by atoms with Gasteiger partial charge in [-0.1, -0.05) is 12.1 Å². The smallest absolute Gasteiger partial charge is 0.227 e. The maximum absolute atomic E-state index is 12.6. The molecule has 24 heavy (non-hydrogen) atoms. The van der Waals surface area contributed by atoms with Crippen molar-refractivity contribution in [2.24, 2.45) is 0 Å². The van der Waals surface area contributed by atoms with E-state index in [1.807, 2.05) is 31.0 Å². The molecule has 3 heterocycles. The lowest BCUT2D eigenvalue weighted by Gasteiger charge is -2.25. The maximum atomic E-state index is 12.6. The van der Waals surface area contributed by atoms with Gasteiger partial charge in [-0.3, -0.25) is 4.79 Å². The van der Waals surface area contributed by atoms with E-state index in [0.29, 0.717) is 24.6 Å². The van der Waals surface area contributed by atoms with Gasteiger partial charge >= 0.3 is 0 Å². The van der Waals surface area contributed by atoms with Crippen LogP contribution in [0, 0.1) is 0 Å². The Labute approximate surface area is 141 Å². The molecule has 7 nitrogen and oxygen atoms in total. The predicted molar refractivity (Wildman–Crippen MR) is 89.5 cm³/mol. The third kappa shape index (κ3) is 3.55. The van der Waals surface area contributed by atoms with Crippen LogP contribution in [0.4, 0.5) is 5.82 Å². The fourth-order valence-electron chi connectivity index (χ4n) is 3.10. The number of anilines is 1. The van der Waals surface area contributed by atoms with Crippen LogP contribution in [0.3, 0.4) is 0 Å². The van der Waals surface area contributed by atoms with Crippen LogP contribution in [0.15, 0.2) is 22.9 Å². The summed E-state index contributed by atoms with van der Waals surface area (Å²) in [6, 6.07) is 4.13. The molecule has 1 atom stereocenters. The average molecular weight is 329 g/mol. The lowest BCUT2D eigenvalue weighted by molar-refractivity contribution is -0.132. The first-order chi connectivity index (χ1) is 11.7. The SMILES string of the molecule is CCc1noc(CCC(=O)N2CCC[C@H]2c2ccnc(NC)c2)n1. The third-order valence-electron chi connectivity index (χ3n) is 4.38. The summed E-state index contributed by atoms with van der Waals surface area (Å²) in [5, 5.41) is 6.91. The highest BCUT2D eigenvalue weighted by Gasteiger charge is 2.30. The van der Waals surface area contributed by atoms with E-state index in [-0.39, 0.29) is 11.9 Å². The van der Waals surface area contributed by atoms with E-state index >= 15 is 0 Å². The minimum Gasteiger partial charge on any atom is -0.373 e. The van der Waals surface area contributed by atoms with Crippen molar-refractivity contribution in [1.82, 2.24) is 20.0 Å². The summed E-state index contributed by atoms with van der Waals surface area (Å²) in [4.78, 5) is 23.1. The Morgan fingerprint density at radius 1 is 1.50 bits per heavy atom. The molecule has 7 heteroatoms. The van der Waals surface area contributed by atoms with Crippen molar-refractivity contribution in [2.45, 2.75) is 45.1 Å². The molecule has 2 aromatic rings. The van der Waals surface area contributed by atoms with Crippen molar-refractivity contribution in [3.05, 3.63) is 35.6 Å². The van der Waals surface area contributed by atoms with E-state index in [1.54, 1.807) is 6.20 Å². The Bertz CT molecular complexity index is 700. The van der Waals surface area contributed by atoms with Gasteiger partial charge in [-0.2, -0.15) is 4.98 Å². The Hall–Kier alpha value is -2.44. The fourth-order valence-corrected chi connectivity index (χ4v) is 3.10. The molecule has 128 valence electrons. The molecule has 2 aromatic heterocycles. The lowest BCUT2D eigenvalue weighted by atomic mass is 10.1. The van der Waals surface area contributed by atoms with Gasteiger partial charge in [-0.25, -0.2) is 4.98 Å². The number of carbonyl (C=O) groups is 1. The molecule has 0 radical (unpaired) electrons. The van der Waals surface area contributed by atoms with Crippen LogP contribution in [0.5, 0.6) is 0 Å². The quantitative estimate of drug-likeness (QED) is 0.876. The summed E-state index contributed by atoms with van der Waals surface area (Å²) in [7, 11) is 1.85. The number of carbonyl (C=O) groups excluding carboxylic acids is 1. The highest BCUT2D eigenvalue weighted by molar-refractivity contribution is 5.77. The maximum Gasteiger partial charge on any atom is 0.227 e. The van der Waals surface area contributed by atoms with Crippen molar-refractivity contribution in [3.63, 3.8) is 0 Å². The van der Waals surface area contributed by atoms with Crippen LogP contribution >= 0.6 is 0 Å². The summed E-state index contributed by atoms with van der Waals surface area (Å²) in [6.07, 6.45) is 5.42. The van der Waals surface area contributed by atoms with Crippen LogP contribution in [-0.2, 0) is 17.6 Å². The van der Waals surface area contributed by atoms with Crippen molar-refractivity contribution in [2.75, 3.05) is 18.9 Å². The monoisotopic (exact) mass is 329 g/mol. The second-order valence-corrected chi connectivity index (χ2v) is 5.93. The molecule has 1 N–H and O–H groups in total. The van der Waals surface area contributed by atoms with Gasteiger partial charge in [0.05, 0.1) is 6.04 Å². The van der Waals surface area contributed by atoms with E-state index in [0.717, 1.165) is 37.2 Å². The Balaban J connectivity index is 1.64. The zero-order chi connectivity index (χ0) is 16.9. The number of pyridine rings is 1. The van der Waals surface area contributed by atoms with Gasteiger partial charge in [-0.15, -0.1) is 0 Å². The van der Waals surface area contributed by atoms with Crippen molar-refractivity contribution < 1.29 is 9.32 Å². The van der Waals surface area contributed by atoms with E-state index in [2.05, 4.69) is 20.4 Å². The number of aromatic nitrogens is 3. The summed E-state index contributed by atoms with van der Waals surface area (Å²) in [5.74, 6) is 2.19. The van der Waals surface area contributed by atoms with E-state index in [9.17, 15) is 4.79 Å². The number of amides is 1. The van der Waals surface area contributed by atoms with Crippen LogP contribution in [0.25, 0.3) is 0 Å². The van der Waals surface area contributed by atoms with Crippen LogP contribution < -0.4 is 5.32 Å². The summed E-state index contributed by atoms with van der Waals surface area (Å²) >= 11 is 0. The van der Waals surface area contributed by atoms with Gasteiger partial charge in [0.2, 0.25) is 11.8 Å². The first-order valence-electron chi connectivity index (χ1n) is 8.46. The fraction of sp³-hybridized carbons (Fsp3) is 0.529. The lowest BCUT2D eigenvalue weighted by Crippen LogP contribution is -2.30. The molecule has 1 amide bonds. The molecule has 1 fully saturated rings. The first-order valence-corrected chi connectivity index (χ1v) is 8.46. The number of nitrogens with one attached hydrogen (secondary N) is 1. The Morgan fingerprint density at radius 2 is 2.38 bits per heavy atom. The van der Waals surface area contributed by atoms with E-state index in [4.69, 9.17) is 4.52 Å². The molecule has 3 rings (SSSR count). The van der Waals surface area contributed by atoms with Crippen molar-refractivity contribution >= 4 is 11.7 Å².